The van der Waals surface area contributed by atoms with E-state index in [1.807, 2.05) is 19.1 Å². The molecule has 19 heavy (non-hydrogen) atoms. The molecule has 1 unspecified atom stereocenters. The molecule has 2 aromatic rings. The Balaban J connectivity index is 2.53. The number of halogens is 3. The molecule has 1 atom stereocenters. The van der Waals surface area contributed by atoms with Gasteiger partial charge < -0.3 is 5.32 Å². The molecule has 0 amide bonds. The van der Waals surface area contributed by atoms with E-state index >= 15 is 0 Å². The summed E-state index contributed by atoms with van der Waals surface area (Å²) in [5, 5.41) is 3.70. The van der Waals surface area contributed by atoms with E-state index in [2.05, 4.69) is 5.32 Å². The van der Waals surface area contributed by atoms with Crippen LogP contribution < -0.4 is 5.32 Å². The fourth-order valence-electron chi connectivity index (χ4n) is 2.18. The first-order valence-electron chi connectivity index (χ1n) is 5.91. The van der Waals surface area contributed by atoms with Crippen molar-refractivity contribution >= 4 is 11.6 Å². The van der Waals surface area contributed by atoms with E-state index in [0.717, 1.165) is 17.2 Å². The summed E-state index contributed by atoms with van der Waals surface area (Å²) >= 11 is 6.09. The summed E-state index contributed by atoms with van der Waals surface area (Å²) in [6.45, 7) is 1.89. The highest BCUT2D eigenvalue weighted by Gasteiger charge is 2.17. The van der Waals surface area contributed by atoms with Gasteiger partial charge in [-0.15, -0.1) is 0 Å². The molecule has 0 saturated heterocycles. The van der Waals surface area contributed by atoms with E-state index in [0.29, 0.717) is 10.6 Å². The van der Waals surface area contributed by atoms with E-state index < -0.39 is 11.6 Å². The summed E-state index contributed by atoms with van der Waals surface area (Å²) in [5.74, 6) is -1.18. The minimum absolute atomic E-state index is 0.302. The Bertz CT molecular complexity index is 578. The Morgan fingerprint density at radius 2 is 1.74 bits per heavy atom. The van der Waals surface area contributed by atoms with Crippen LogP contribution in [-0.2, 0) is 0 Å². The Kier molecular flexibility index (Phi) is 4.17. The lowest BCUT2D eigenvalue weighted by Gasteiger charge is -2.20. The van der Waals surface area contributed by atoms with Crippen molar-refractivity contribution in [1.82, 2.24) is 5.32 Å². The SMILES string of the molecule is CNC(c1cc(F)cc(F)c1)c1cccc(Cl)c1C. The van der Waals surface area contributed by atoms with Crippen molar-refractivity contribution in [2.24, 2.45) is 0 Å². The van der Waals surface area contributed by atoms with Crippen LogP contribution in [0.2, 0.25) is 5.02 Å². The fourth-order valence-corrected chi connectivity index (χ4v) is 2.36. The van der Waals surface area contributed by atoms with Crippen LogP contribution in [0.3, 0.4) is 0 Å². The van der Waals surface area contributed by atoms with Gasteiger partial charge >= 0.3 is 0 Å². The van der Waals surface area contributed by atoms with Crippen molar-refractivity contribution in [3.63, 3.8) is 0 Å². The molecule has 0 spiro atoms. The molecule has 1 nitrogen and oxygen atoms in total. The Labute approximate surface area is 116 Å². The third-order valence-corrected chi connectivity index (χ3v) is 3.54. The van der Waals surface area contributed by atoms with Crippen LogP contribution in [-0.4, -0.2) is 7.05 Å². The maximum absolute atomic E-state index is 13.3. The van der Waals surface area contributed by atoms with Crippen LogP contribution in [0.4, 0.5) is 8.78 Å². The van der Waals surface area contributed by atoms with Crippen LogP contribution in [0.25, 0.3) is 0 Å². The third kappa shape index (κ3) is 2.94. The molecule has 0 fully saturated rings. The summed E-state index contributed by atoms with van der Waals surface area (Å²) in [6.07, 6.45) is 0. The smallest absolute Gasteiger partial charge is 0.126 e. The van der Waals surface area contributed by atoms with Gasteiger partial charge in [0.2, 0.25) is 0 Å². The molecule has 2 aromatic carbocycles. The number of nitrogens with one attached hydrogen (secondary N) is 1. The Morgan fingerprint density at radius 1 is 1.11 bits per heavy atom. The monoisotopic (exact) mass is 281 g/mol. The van der Waals surface area contributed by atoms with E-state index in [9.17, 15) is 8.78 Å². The highest BCUT2D eigenvalue weighted by molar-refractivity contribution is 6.31. The zero-order valence-corrected chi connectivity index (χ0v) is 11.4. The molecule has 0 radical (unpaired) electrons. The van der Waals surface area contributed by atoms with Crippen molar-refractivity contribution in [2.45, 2.75) is 13.0 Å². The van der Waals surface area contributed by atoms with Gasteiger partial charge in [0.15, 0.2) is 0 Å². The predicted molar refractivity (Wildman–Crippen MR) is 73.4 cm³/mol. The van der Waals surface area contributed by atoms with Crippen LogP contribution in [0, 0.1) is 18.6 Å². The first kappa shape index (κ1) is 14.0. The molecule has 0 aliphatic carbocycles. The molecule has 2 rings (SSSR count). The summed E-state index contributed by atoms with van der Waals surface area (Å²) in [6, 6.07) is 8.72. The quantitative estimate of drug-likeness (QED) is 0.887. The summed E-state index contributed by atoms with van der Waals surface area (Å²) in [4.78, 5) is 0. The van der Waals surface area contributed by atoms with Crippen molar-refractivity contribution in [1.29, 1.82) is 0 Å². The van der Waals surface area contributed by atoms with Gasteiger partial charge in [-0.3, -0.25) is 0 Å². The molecule has 0 aromatic heterocycles. The molecule has 0 aliphatic rings. The zero-order chi connectivity index (χ0) is 14.0. The molecule has 0 aliphatic heterocycles. The van der Waals surface area contributed by atoms with E-state index in [-0.39, 0.29) is 6.04 Å². The molecule has 0 heterocycles. The molecule has 100 valence electrons. The summed E-state index contributed by atoms with van der Waals surface area (Å²) in [7, 11) is 1.74. The first-order chi connectivity index (χ1) is 9.02. The highest BCUT2D eigenvalue weighted by atomic mass is 35.5. The van der Waals surface area contributed by atoms with Crippen molar-refractivity contribution in [3.05, 3.63) is 69.7 Å². The molecule has 0 saturated carbocycles. The van der Waals surface area contributed by atoms with Gasteiger partial charge in [-0.25, -0.2) is 8.78 Å². The topological polar surface area (TPSA) is 12.0 Å². The average molecular weight is 282 g/mol. The second-order valence-corrected chi connectivity index (χ2v) is 4.79. The number of benzene rings is 2. The van der Waals surface area contributed by atoms with Crippen molar-refractivity contribution in [2.75, 3.05) is 7.05 Å². The first-order valence-corrected chi connectivity index (χ1v) is 6.29. The molecule has 1 N–H and O–H groups in total. The van der Waals surface area contributed by atoms with Gasteiger partial charge in [-0.1, -0.05) is 23.7 Å². The van der Waals surface area contributed by atoms with E-state index in [4.69, 9.17) is 11.6 Å². The van der Waals surface area contributed by atoms with Crippen molar-refractivity contribution in [3.8, 4) is 0 Å². The number of hydrogen-bond acceptors (Lipinski definition) is 1. The largest absolute Gasteiger partial charge is 0.309 e. The van der Waals surface area contributed by atoms with Gasteiger partial charge in [-0.05, 0) is 48.9 Å². The van der Waals surface area contributed by atoms with Gasteiger partial charge in [0.25, 0.3) is 0 Å². The van der Waals surface area contributed by atoms with Crippen LogP contribution >= 0.6 is 11.6 Å². The zero-order valence-electron chi connectivity index (χ0n) is 10.7. The third-order valence-electron chi connectivity index (χ3n) is 3.13. The maximum Gasteiger partial charge on any atom is 0.126 e. The minimum Gasteiger partial charge on any atom is -0.309 e. The van der Waals surface area contributed by atoms with Crippen molar-refractivity contribution < 1.29 is 8.78 Å². The van der Waals surface area contributed by atoms with Crippen LogP contribution in [0.5, 0.6) is 0 Å². The molecule has 0 bridgehead atoms. The van der Waals surface area contributed by atoms with Gasteiger partial charge in [0.1, 0.15) is 11.6 Å². The Hall–Kier alpha value is -1.45. The van der Waals surface area contributed by atoms with Crippen LogP contribution in [0.1, 0.15) is 22.7 Å². The van der Waals surface area contributed by atoms with Crippen LogP contribution in [0.15, 0.2) is 36.4 Å². The Morgan fingerprint density at radius 3 is 2.32 bits per heavy atom. The predicted octanol–water partition coefficient (Wildman–Crippen LogP) is 4.24. The van der Waals surface area contributed by atoms with Gasteiger partial charge in [0.05, 0.1) is 6.04 Å². The lowest BCUT2D eigenvalue weighted by molar-refractivity contribution is 0.571. The summed E-state index contributed by atoms with van der Waals surface area (Å²) < 4.78 is 26.7. The lowest BCUT2D eigenvalue weighted by atomic mass is 9.95. The normalized spacial score (nSPS) is 12.5. The van der Waals surface area contributed by atoms with E-state index in [1.54, 1.807) is 13.1 Å². The summed E-state index contributed by atoms with van der Waals surface area (Å²) in [5.41, 5.74) is 2.33. The minimum atomic E-state index is -0.588. The second kappa shape index (κ2) is 5.68. The number of rotatable bonds is 3. The second-order valence-electron chi connectivity index (χ2n) is 4.38. The molecular formula is C15H14ClF2N. The lowest BCUT2D eigenvalue weighted by Crippen LogP contribution is -2.19. The highest BCUT2D eigenvalue weighted by Crippen LogP contribution is 2.29. The standard InChI is InChI=1S/C15H14ClF2N/c1-9-13(4-3-5-14(9)16)15(19-2)10-6-11(17)8-12(18)7-10/h3-8,15,19H,1-2H3. The fraction of sp³-hybridized carbons (Fsp3) is 0.200. The average Bonchev–Trinajstić information content (AvgIpc) is 2.34. The molecular weight excluding hydrogens is 268 g/mol. The van der Waals surface area contributed by atoms with E-state index in [1.165, 1.54) is 12.1 Å². The van der Waals surface area contributed by atoms with Gasteiger partial charge in [-0.2, -0.15) is 0 Å². The molecule has 4 heteroatoms. The van der Waals surface area contributed by atoms with Gasteiger partial charge in [0, 0.05) is 11.1 Å². The number of hydrogen-bond donors (Lipinski definition) is 1. The maximum atomic E-state index is 13.3.